The molecule has 0 aromatic carbocycles. The predicted molar refractivity (Wildman–Crippen MR) is 76.5 cm³/mol. The molecule has 1 amide bonds. The molecule has 0 bridgehead atoms. The van der Waals surface area contributed by atoms with E-state index in [1.54, 1.807) is 0 Å². The zero-order valence-corrected chi connectivity index (χ0v) is 12.5. The summed E-state index contributed by atoms with van der Waals surface area (Å²) in [4.78, 5) is 14.2. The quantitative estimate of drug-likeness (QED) is 0.854. The summed E-state index contributed by atoms with van der Waals surface area (Å²) in [5, 5.41) is 2.87. The third-order valence-electron chi connectivity index (χ3n) is 3.33. The van der Waals surface area contributed by atoms with Crippen molar-refractivity contribution in [2.45, 2.75) is 19.4 Å². The van der Waals surface area contributed by atoms with Crippen LogP contribution in [0.25, 0.3) is 0 Å². The molecule has 1 unspecified atom stereocenters. The number of carbonyl (C=O) groups excluding carboxylic acids is 1. The monoisotopic (exact) mass is 329 g/mol. The highest BCUT2D eigenvalue weighted by Crippen LogP contribution is 2.21. The molecule has 5 nitrogen and oxygen atoms in total. The van der Waals surface area contributed by atoms with Gasteiger partial charge in [-0.15, -0.1) is 0 Å². The molecule has 1 aliphatic heterocycles. The van der Waals surface area contributed by atoms with Crippen molar-refractivity contribution in [3.8, 4) is 0 Å². The zero-order chi connectivity index (χ0) is 13.7. The van der Waals surface area contributed by atoms with Gasteiger partial charge in [0, 0.05) is 19.6 Å². The van der Waals surface area contributed by atoms with Crippen molar-refractivity contribution in [3.05, 3.63) is 22.6 Å². The molecule has 0 radical (unpaired) electrons. The Morgan fingerprint density at radius 1 is 1.58 bits per heavy atom. The minimum Gasteiger partial charge on any atom is -0.453 e. The number of piperidine rings is 1. The third-order valence-corrected chi connectivity index (χ3v) is 3.75. The summed E-state index contributed by atoms with van der Waals surface area (Å²) in [7, 11) is 0. The molecular weight excluding hydrogens is 310 g/mol. The first-order valence-electron chi connectivity index (χ1n) is 6.63. The van der Waals surface area contributed by atoms with Crippen molar-refractivity contribution in [2.75, 3.05) is 26.2 Å². The molecule has 1 aromatic rings. The highest BCUT2D eigenvalue weighted by Gasteiger charge is 2.25. The molecule has 2 rings (SSSR count). The number of amides is 1. The Kier molecular flexibility index (Phi) is 5.42. The zero-order valence-electron chi connectivity index (χ0n) is 10.9. The van der Waals surface area contributed by atoms with Gasteiger partial charge in [-0.1, -0.05) is 0 Å². The maximum Gasteiger partial charge on any atom is 0.224 e. The molecule has 19 heavy (non-hydrogen) atoms. The van der Waals surface area contributed by atoms with E-state index < -0.39 is 0 Å². The average molecular weight is 330 g/mol. The second-order valence-electron chi connectivity index (χ2n) is 4.86. The molecule has 106 valence electrons. The first-order chi connectivity index (χ1) is 9.19. The number of rotatable bonds is 5. The Bertz CT molecular complexity index is 422. The van der Waals surface area contributed by atoms with Crippen LogP contribution in [0.1, 0.15) is 18.6 Å². The van der Waals surface area contributed by atoms with Gasteiger partial charge < -0.3 is 15.5 Å². The summed E-state index contributed by atoms with van der Waals surface area (Å²) in [6.45, 7) is 3.60. The summed E-state index contributed by atoms with van der Waals surface area (Å²) >= 11 is 3.30. The van der Waals surface area contributed by atoms with Crippen molar-refractivity contribution in [1.29, 1.82) is 0 Å². The molecule has 0 spiro atoms. The van der Waals surface area contributed by atoms with Crippen molar-refractivity contribution < 1.29 is 9.21 Å². The van der Waals surface area contributed by atoms with E-state index in [0.29, 0.717) is 13.1 Å². The van der Waals surface area contributed by atoms with E-state index in [1.165, 1.54) is 0 Å². The largest absolute Gasteiger partial charge is 0.453 e. The van der Waals surface area contributed by atoms with Crippen LogP contribution in [0.15, 0.2) is 21.2 Å². The fraction of sp³-hybridized carbons (Fsp3) is 0.615. The number of halogens is 1. The number of furan rings is 1. The van der Waals surface area contributed by atoms with E-state index in [1.807, 2.05) is 12.1 Å². The van der Waals surface area contributed by atoms with E-state index in [-0.39, 0.29) is 11.8 Å². The lowest BCUT2D eigenvalue weighted by Gasteiger charge is -2.31. The molecule has 1 saturated heterocycles. The van der Waals surface area contributed by atoms with Crippen LogP contribution in [0, 0.1) is 5.92 Å². The highest BCUT2D eigenvalue weighted by atomic mass is 79.9. The number of hydrogen-bond acceptors (Lipinski definition) is 4. The van der Waals surface area contributed by atoms with Gasteiger partial charge in [0.2, 0.25) is 5.91 Å². The van der Waals surface area contributed by atoms with Gasteiger partial charge in [0.25, 0.3) is 0 Å². The molecule has 3 N–H and O–H groups in total. The number of hydrogen-bond donors (Lipinski definition) is 2. The Hall–Kier alpha value is -0.850. The lowest BCUT2D eigenvalue weighted by molar-refractivity contribution is -0.126. The number of nitrogens with one attached hydrogen (secondary N) is 1. The highest BCUT2D eigenvalue weighted by molar-refractivity contribution is 9.10. The minimum atomic E-state index is 0.0682. The summed E-state index contributed by atoms with van der Waals surface area (Å²) < 4.78 is 6.25. The summed E-state index contributed by atoms with van der Waals surface area (Å²) in [6, 6.07) is 3.85. The first-order valence-corrected chi connectivity index (χ1v) is 7.42. The molecule has 0 aliphatic carbocycles. The van der Waals surface area contributed by atoms with E-state index in [2.05, 4.69) is 26.1 Å². The van der Waals surface area contributed by atoms with Gasteiger partial charge in [0.05, 0.1) is 12.5 Å². The van der Waals surface area contributed by atoms with Gasteiger partial charge >= 0.3 is 0 Å². The lowest BCUT2D eigenvalue weighted by Crippen LogP contribution is -2.43. The molecule has 1 atom stereocenters. The van der Waals surface area contributed by atoms with Crippen LogP contribution < -0.4 is 11.1 Å². The molecule has 1 fully saturated rings. The Morgan fingerprint density at radius 2 is 2.42 bits per heavy atom. The van der Waals surface area contributed by atoms with E-state index in [0.717, 1.165) is 42.9 Å². The molecule has 0 saturated carbocycles. The predicted octanol–water partition coefficient (Wildman–Crippen LogP) is 1.33. The SMILES string of the molecule is NCCNC(=O)C1CCCN(Cc2ccc(Br)o2)C1. The van der Waals surface area contributed by atoms with Gasteiger partial charge in [-0.2, -0.15) is 0 Å². The summed E-state index contributed by atoms with van der Waals surface area (Å²) in [5.74, 6) is 1.12. The van der Waals surface area contributed by atoms with Crippen molar-refractivity contribution >= 4 is 21.8 Å². The Balaban J connectivity index is 1.84. The maximum atomic E-state index is 11.9. The second-order valence-corrected chi connectivity index (χ2v) is 5.64. The van der Waals surface area contributed by atoms with Gasteiger partial charge in [-0.25, -0.2) is 0 Å². The topological polar surface area (TPSA) is 71.5 Å². The summed E-state index contributed by atoms with van der Waals surface area (Å²) in [6.07, 6.45) is 2.00. The number of nitrogens with two attached hydrogens (primary N) is 1. The molecule has 6 heteroatoms. The lowest BCUT2D eigenvalue weighted by atomic mass is 9.97. The smallest absolute Gasteiger partial charge is 0.224 e. The van der Waals surface area contributed by atoms with E-state index in [9.17, 15) is 4.79 Å². The van der Waals surface area contributed by atoms with Crippen LogP contribution in [0.4, 0.5) is 0 Å². The first kappa shape index (κ1) is 14.6. The minimum absolute atomic E-state index is 0.0682. The van der Waals surface area contributed by atoms with Gasteiger partial charge in [0.1, 0.15) is 5.76 Å². The second kappa shape index (κ2) is 7.07. The molecule has 1 aromatic heterocycles. The fourth-order valence-corrected chi connectivity index (χ4v) is 2.75. The number of nitrogens with zero attached hydrogens (tertiary/aromatic N) is 1. The van der Waals surface area contributed by atoms with Crippen LogP contribution in [0.2, 0.25) is 0 Å². The third kappa shape index (κ3) is 4.33. The summed E-state index contributed by atoms with van der Waals surface area (Å²) in [5.41, 5.74) is 5.40. The van der Waals surface area contributed by atoms with E-state index >= 15 is 0 Å². The molecular formula is C13H20BrN3O2. The number of likely N-dealkylation sites (tertiary alicyclic amines) is 1. The van der Waals surface area contributed by atoms with Crippen LogP contribution in [-0.2, 0) is 11.3 Å². The van der Waals surface area contributed by atoms with E-state index in [4.69, 9.17) is 10.2 Å². The van der Waals surface area contributed by atoms with Crippen LogP contribution in [0.5, 0.6) is 0 Å². The van der Waals surface area contributed by atoms with Gasteiger partial charge in [-0.3, -0.25) is 9.69 Å². The standard InChI is InChI=1S/C13H20BrN3O2/c14-12-4-3-11(19-12)9-17-7-1-2-10(8-17)13(18)16-6-5-15/h3-4,10H,1-2,5-9,15H2,(H,16,18). The van der Waals surface area contributed by atoms with Crippen molar-refractivity contribution in [1.82, 2.24) is 10.2 Å². The van der Waals surface area contributed by atoms with Crippen molar-refractivity contribution in [3.63, 3.8) is 0 Å². The van der Waals surface area contributed by atoms with Crippen LogP contribution in [-0.4, -0.2) is 37.0 Å². The molecule has 1 aliphatic rings. The normalized spacial score (nSPS) is 20.4. The van der Waals surface area contributed by atoms with Gasteiger partial charge in [-0.05, 0) is 47.4 Å². The van der Waals surface area contributed by atoms with Crippen LogP contribution in [0.3, 0.4) is 0 Å². The molecule has 2 heterocycles. The van der Waals surface area contributed by atoms with Crippen molar-refractivity contribution in [2.24, 2.45) is 11.7 Å². The van der Waals surface area contributed by atoms with Crippen LogP contribution >= 0.6 is 15.9 Å². The Morgan fingerprint density at radius 3 is 3.11 bits per heavy atom. The fourth-order valence-electron chi connectivity index (χ4n) is 2.41. The van der Waals surface area contributed by atoms with Gasteiger partial charge in [0.15, 0.2) is 4.67 Å². The Labute approximate surface area is 121 Å². The number of carbonyl (C=O) groups is 1. The maximum absolute atomic E-state index is 11.9. The average Bonchev–Trinajstić information content (AvgIpc) is 2.81.